The largest absolute Gasteiger partial charge is 0.330 e. The van der Waals surface area contributed by atoms with Gasteiger partial charge >= 0.3 is 0 Å². The minimum Gasteiger partial charge on any atom is -0.330 e. The van der Waals surface area contributed by atoms with E-state index in [9.17, 15) is 0 Å². The van der Waals surface area contributed by atoms with Crippen molar-refractivity contribution in [3.05, 3.63) is 34.9 Å². The summed E-state index contributed by atoms with van der Waals surface area (Å²) in [5, 5.41) is 3.47. The van der Waals surface area contributed by atoms with Gasteiger partial charge in [0.05, 0.1) is 0 Å². The topological polar surface area (TPSA) is 38.0 Å². The van der Waals surface area contributed by atoms with Crippen molar-refractivity contribution in [2.24, 2.45) is 5.73 Å². The molecule has 1 unspecified atom stereocenters. The van der Waals surface area contributed by atoms with Gasteiger partial charge in [0, 0.05) is 12.6 Å². The molecule has 0 radical (unpaired) electrons. The number of nitrogens with one attached hydrogen (secondary N) is 1. The van der Waals surface area contributed by atoms with Gasteiger partial charge < -0.3 is 11.1 Å². The van der Waals surface area contributed by atoms with Crippen LogP contribution < -0.4 is 11.1 Å². The Morgan fingerprint density at radius 3 is 2.33 bits per heavy atom. The molecule has 84 valence electrons. The molecule has 0 bridgehead atoms. The van der Waals surface area contributed by atoms with E-state index in [1.54, 1.807) is 0 Å². The van der Waals surface area contributed by atoms with Crippen molar-refractivity contribution in [1.82, 2.24) is 5.32 Å². The molecular formula is C13H22N2. The van der Waals surface area contributed by atoms with Crippen LogP contribution in [0.3, 0.4) is 0 Å². The summed E-state index contributed by atoms with van der Waals surface area (Å²) in [6, 6.07) is 7.16. The van der Waals surface area contributed by atoms with Gasteiger partial charge in [0.2, 0.25) is 0 Å². The fourth-order valence-electron chi connectivity index (χ4n) is 1.82. The van der Waals surface area contributed by atoms with Crippen molar-refractivity contribution < 1.29 is 0 Å². The average molecular weight is 206 g/mol. The highest BCUT2D eigenvalue weighted by molar-refractivity contribution is 5.28. The third kappa shape index (κ3) is 4.45. The Balaban J connectivity index is 2.50. The average Bonchev–Trinajstić information content (AvgIpc) is 2.14. The van der Waals surface area contributed by atoms with Crippen LogP contribution in [0, 0.1) is 13.8 Å². The van der Waals surface area contributed by atoms with Crippen molar-refractivity contribution in [2.45, 2.75) is 39.8 Å². The van der Waals surface area contributed by atoms with Gasteiger partial charge in [0.25, 0.3) is 0 Å². The number of rotatable bonds is 5. The van der Waals surface area contributed by atoms with Crippen LogP contribution in [0.15, 0.2) is 18.2 Å². The normalized spacial score (nSPS) is 12.8. The van der Waals surface area contributed by atoms with Crippen molar-refractivity contribution in [1.29, 1.82) is 0 Å². The van der Waals surface area contributed by atoms with Gasteiger partial charge in [-0.1, -0.05) is 29.3 Å². The second-order valence-corrected chi connectivity index (χ2v) is 4.36. The molecule has 0 spiro atoms. The zero-order valence-corrected chi connectivity index (χ0v) is 10.0. The Morgan fingerprint density at radius 2 is 1.80 bits per heavy atom. The summed E-state index contributed by atoms with van der Waals surface area (Å²) in [4.78, 5) is 0. The Kier molecular flexibility index (Phi) is 4.79. The van der Waals surface area contributed by atoms with Crippen LogP contribution in [0.2, 0.25) is 0 Å². The molecule has 0 saturated carbocycles. The molecule has 0 saturated heterocycles. The Hall–Kier alpha value is -0.860. The van der Waals surface area contributed by atoms with E-state index in [2.05, 4.69) is 44.3 Å². The number of nitrogens with two attached hydrogens (primary N) is 1. The Labute approximate surface area is 92.9 Å². The molecule has 15 heavy (non-hydrogen) atoms. The van der Waals surface area contributed by atoms with E-state index in [0.717, 1.165) is 19.5 Å². The van der Waals surface area contributed by atoms with Crippen molar-refractivity contribution in [3.8, 4) is 0 Å². The number of hydrogen-bond donors (Lipinski definition) is 2. The highest BCUT2D eigenvalue weighted by atomic mass is 14.9. The lowest BCUT2D eigenvalue weighted by atomic mass is 10.1. The second kappa shape index (κ2) is 5.89. The molecule has 3 N–H and O–H groups in total. The molecule has 0 heterocycles. The highest BCUT2D eigenvalue weighted by Gasteiger charge is 2.00. The molecule has 0 aliphatic carbocycles. The van der Waals surface area contributed by atoms with Gasteiger partial charge in [0.1, 0.15) is 0 Å². The van der Waals surface area contributed by atoms with E-state index in [0.29, 0.717) is 6.04 Å². The molecule has 2 heteroatoms. The van der Waals surface area contributed by atoms with Gasteiger partial charge in [0.15, 0.2) is 0 Å². The third-order valence-corrected chi connectivity index (χ3v) is 2.54. The van der Waals surface area contributed by atoms with Gasteiger partial charge in [-0.25, -0.2) is 0 Å². The maximum atomic E-state index is 5.51. The van der Waals surface area contributed by atoms with Crippen molar-refractivity contribution in [3.63, 3.8) is 0 Å². The summed E-state index contributed by atoms with van der Waals surface area (Å²) in [6.45, 7) is 8.14. The molecule has 0 aromatic heterocycles. The van der Waals surface area contributed by atoms with Gasteiger partial charge in [-0.15, -0.1) is 0 Å². The molecule has 0 aliphatic heterocycles. The standard InChI is InChI=1S/C13H22N2/c1-10-6-11(2)8-13(7-10)9-15-12(3)4-5-14/h6-8,12,15H,4-5,9,14H2,1-3H3. The van der Waals surface area contributed by atoms with Gasteiger partial charge in [-0.2, -0.15) is 0 Å². The second-order valence-electron chi connectivity index (χ2n) is 4.36. The number of aryl methyl sites for hydroxylation is 2. The van der Waals surface area contributed by atoms with Crippen molar-refractivity contribution >= 4 is 0 Å². The summed E-state index contributed by atoms with van der Waals surface area (Å²) < 4.78 is 0. The maximum absolute atomic E-state index is 5.51. The van der Waals surface area contributed by atoms with Crippen LogP contribution in [0.1, 0.15) is 30.0 Å². The first-order valence-electron chi connectivity index (χ1n) is 5.62. The fraction of sp³-hybridized carbons (Fsp3) is 0.538. The Bertz CT molecular complexity index is 287. The third-order valence-electron chi connectivity index (χ3n) is 2.54. The van der Waals surface area contributed by atoms with E-state index in [-0.39, 0.29) is 0 Å². The Morgan fingerprint density at radius 1 is 1.20 bits per heavy atom. The molecule has 0 amide bonds. The monoisotopic (exact) mass is 206 g/mol. The number of benzene rings is 1. The SMILES string of the molecule is Cc1cc(C)cc(CNC(C)CCN)c1. The van der Waals surface area contributed by atoms with E-state index < -0.39 is 0 Å². The molecule has 0 aliphatic rings. The summed E-state index contributed by atoms with van der Waals surface area (Å²) >= 11 is 0. The lowest BCUT2D eigenvalue weighted by Gasteiger charge is -2.13. The minimum atomic E-state index is 0.496. The lowest BCUT2D eigenvalue weighted by molar-refractivity contribution is 0.519. The summed E-state index contributed by atoms with van der Waals surface area (Å²) in [6.07, 6.45) is 1.03. The lowest BCUT2D eigenvalue weighted by Crippen LogP contribution is -2.27. The highest BCUT2D eigenvalue weighted by Crippen LogP contribution is 2.08. The van der Waals surface area contributed by atoms with E-state index in [4.69, 9.17) is 5.73 Å². The van der Waals surface area contributed by atoms with E-state index >= 15 is 0 Å². The van der Waals surface area contributed by atoms with Crippen LogP contribution in [-0.4, -0.2) is 12.6 Å². The van der Waals surface area contributed by atoms with E-state index in [1.807, 2.05) is 0 Å². The predicted octanol–water partition coefficient (Wildman–Crippen LogP) is 2.13. The van der Waals surface area contributed by atoms with Crippen LogP contribution in [-0.2, 0) is 6.54 Å². The van der Waals surface area contributed by atoms with Gasteiger partial charge in [-0.3, -0.25) is 0 Å². The van der Waals surface area contributed by atoms with Crippen LogP contribution in [0.4, 0.5) is 0 Å². The van der Waals surface area contributed by atoms with E-state index in [1.165, 1.54) is 16.7 Å². The quantitative estimate of drug-likeness (QED) is 0.774. The summed E-state index contributed by atoms with van der Waals surface area (Å²) in [5.74, 6) is 0. The summed E-state index contributed by atoms with van der Waals surface area (Å²) in [5.41, 5.74) is 9.53. The zero-order chi connectivity index (χ0) is 11.3. The first kappa shape index (κ1) is 12.2. The maximum Gasteiger partial charge on any atom is 0.0208 e. The fourth-order valence-corrected chi connectivity index (χ4v) is 1.82. The number of hydrogen-bond acceptors (Lipinski definition) is 2. The first-order chi connectivity index (χ1) is 7.11. The smallest absolute Gasteiger partial charge is 0.0208 e. The van der Waals surface area contributed by atoms with Crippen LogP contribution in [0.5, 0.6) is 0 Å². The molecule has 1 aromatic carbocycles. The molecule has 1 aromatic rings. The molecule has 1 atom stereocenters. The minimum absolute atomic E-state index is 0.496. The van der Waals surface area contributed by atoms with Gasteiger partial charge in [-0.05, 0) is 39.3 Å². The molecule has 1 rings (SSSR count). The predicted molar refractivity (Wildman–Crippen MR) is 65.9 cm³/mol. The first-order valence-corrected chi connectivity index (χ1v) is 5.62. The summed E-state index contributed by atoms with van der Waals surface area (Å²) in [7, 11) is 0. The zero-order valence-electron chi connectivity index (χ0n) is 10.0. The molecular weight excluding hydrogens is 184 g/mol. The van der Waals surface area contributed by atoms with Crippen LogP contribution in [0.25, 0.3) is 0 Å². The van der Waals surface area contributed by atoms with Crippen LogP contribution >= 0.6 is 0 Å². The van der Waals surface area contributed by atoms with Crippen molar-refractivity contribution in [2.75, 3.05) is 6.54 Å². The molecule has 0 fully saturated rings. The molecule has 2 nitrogen and oxygen atoms in total.